The lowest BCUT2D eigenvalue weighted by molar-refractivity contribution is -0.120. The van der Waals surface area contributed by atoms with Crippen molar-refractivity contribution in [3.63, 3.8) is 0 Å². The molecule has 0 spiro atoms. The van der Waals surface area contributed by atoms with Crippen molar-refractivity contribution in [1.82, 2.24) is 20.8 Å². The van der Waals surface area contributed by atoms with Crippen LogP contribution in [-0.4, -0.2) is 41.7 Å². The van der Waals surface area contributed by atoms with Crippen molar-refractivity contribution in [1.29, 1.82) is 0 Å². The molecule has 3 amide bonds. The predicted molar refractivity (Wildman–Crippen MR) is 121 cm³/mol. The summed E-state index contributed by atoms with van der Waals surface area (Å²) in [6, 6.07) is 14.8. The third-order valence-electron chi connectivity index (χ3n) is 5.14. The summed E-state index contributed by atoms with van der Waals surface area (Å²) in [6.45, 7) is 6.20. The van der Waals surface area contributed by atoms with Crippen molar-refractivity contribution < 1.29 is 14.1 Å². The first-order valence-corrected chi connectivity index (χ1v) is 10.6. The van der Waals surface area contributed by atoms with Crippen LogP contribution in [-0.2, 0) is 11.3 Å². The van der Waals surface area contributed by atoms with Crippen molar-refractivity contribution in [3.8, 4) is 11.5 Å². The molecule has 9 nitrogen and oxygen atoms in total. The Bertz CT molecular complexity index is 1080. The molecule has 0 aliphatic carbocycles. The standard InChI is InChI=1S/C23H26N6O3/c1-15(2)21-27-22(32-28-21)17-5-7-18(8-6-17)26-23(31)25-13-16-3-9-19(10-4-16)29-12-11-24-20(30)14-29/h3-10,15H,11-14H2,1-2H3,(H,24,30)(H2,25,26,31). The Hall–Kier alpha value is -3.88. The SMILES string of the molecule is CC(C)c1noc(-c2ccc(NC(=O)NCc3ccc(N4CCNC(=O)C4)cc3)cc2)n1. The Balaban J connectivity index is 1.27. The van der Waals surface area contributed by atoms with Gasteiger partial charge < -0.3 is 25.4 Å². The topological polar surface area (TPSA) is 112 Å². The molecule has 1 aliphatic heterocycles. The van der Waals surface area contributed by atoms with Gasteiger partial charge in [-0.1, -0.05) is 31.1 Å². The molecule has 0 saturated carbocycles. The summed E-state index contributed by atoms with van der Waals surface area (Å²) >= 11 is 0. The summed E-state index contributed by atoms with van der Waals surface area (Å²) in [7, 11) is 0. The van der Waals surface area contributed by atoms with Crippen LogP contribution < -0.4 is 20.9 Å². The highest BCUT2D eigenvalue weighted by Gasteiger charge is 2.16. The van der Waals surface area contributed by atoms with E-state index in [1.165, 1.54) is 0 Å². The van der Waals surface area contributed by atoms with E-state index in [2.05, 4.69) is 26.1 Å². The summed E-state index contributed by atoms with van der Waals surface area (Å²) < 4.78 is 5.29. The van der Waals surface area contributed by atoms with Crippen LogP contribution in [0.5, 0.6) is 0 Å². The molecule has 0 radical (unpaired) electrons. The quantitative estimate of drug-likeness (QED) is 0.550. The lowest BCUT2D eigenvalue weighted by atomic mass is 10.2. The third kappa shape index (κ3) is 5.23. The lowest BCUT2D eigenvalue weighted by Crippen LogP contribution is -2.47. The molecule has 1 aromatic heterocycles. The molecular formula is C23H26N6O3. The van der Waals surface area contributed by atoms with E-state index >= 15 is 0 Å². The molecule has 9 heteroatoms. The lowest BCUT2D eigenvalue weighted by Gasteiger charge is -2.28. The van der Waals surface area contributed by atoms with E-state index in [0.29, 0.717) is 37.0 Å². The second-order valence-corrected chi connectivity index (χ2v) is 7.94. The second kappa shape index (κ2) is 9.51. The van der Waals surface area contributed by atoms with Gasteiger partial charge in [-0.25, -0.2) is 4.79 Å². The van der Waals surface area contributed by atoms with Crippen molar-refractivity contribution in [2.45, 2.75) is 26.3 Å². The molecule has 4 rings (SSSR count). The Labute approximate surface area is 186 Å². The molecule has 1 fully saturated rings. The average Bonchev–Trinajstić information content (AvgIpc) is 3.29. The third-order valence-corrected chi connectivity index (χ3v) is 5.14. The highest BCUT2D eigenvalue weighted by Crippen LogP contribution is 2.22. The summed E-state index contributed by atoms with van der Waals surface area (Å²) in [4.78, 5) is 30.2. The van der Waals surface area contributed by atoms with E-state index in [-0.39, 0.29) is 17.9 Å². The first-order chi connectivity index (χ1) is 15.5. The average molecular weight is 435 g/mol. The number of nitrogens with zero attached hydrogens (tertiary/aromatic N) is 3. The molecule has 166 valence electrons. The summed E-state index contributed by atoms with van der Waals surface area (Å²) in [5, 5.41) is 12.4. The fourth-order valence-corrected chi connectivity index (χ4v) is 3.32. The number of rotatable bonds is 6. The van der Waals surface area contributed by atoms with Crippen LogP contribution in [0.15, 0.2) is 53.1 Å². The summed E-state index contributed by atoms with van der Waals surface area (Å²) in [6.07, 6.45) is 0. The van der Waals surface area contributed by atoms with Crippen LogP contribution in [0.25, 0.3) is 11.5 Å². The summed E-state index contributed by atoms with van der Waals surface area (Å²) in [5.74, 6) is 1.35. The van der Waals surface area contributed by atoms with Gasteiger partial charge in [0.15, 0.2) is 5.82 Å². The molecule has 2 heterocycles. The van der Waals surface area contributed by atoms with Gasteiger partial charge in [-0.05, 0) is 42.0 Å². The number of carbonyl (C=O) groups is 2. The molecule has 1 saturated heterocycles. The van der Waals surface area contributed by atoms with Crippen molar-refractivity contribution in [2.24, 2.45) is 0 Å². The first-order valence-electron chi connectivity index (χ1n) is 10.6. The fraction of sp³-hybridized carbons (Fsp3) is 0.304. The van der Waals surface area contributed by atoms with Crippen molar-refractivity contribution in [3.05, 3.63) is 59.9 Å². The molecule has 0 unspecified atom stereocenters. The number of amides is 3. The Morgan fingerprint density at radius 2 is 1.91 bits per heavy atom. The minimum Gasteiger partial charge on any atom is -0.360 e. The normalized spacial score (nSPS) is 13.7. The first kappa shape index (κ1) is 21.4. The maximum atomic E-state index is 12.3. The number of carbonyl (C=O) groups excluding carboxylic acids is 2. The number of hydrogen-bond donors (Lipinski definition) is 3. The van der Waals surface area contributed by atoms with Gasteiger partial charge in [0.25, 0.3) is 5.89 Å². The van der Waals surface area contributed by atoms with Crippen LogP contribution in [0, 0.1) is 0 Å². The Morgan fingerprint density at radius 1 is 1.16 bits per heavy atom. The monoisotopic (exact) mass is 434 g/mol. The molecular weight excluding hydrogens is 408 g/mol. The van der Waals surface area contributed by atoms with E-state index in [1.807, 2.05) is 55.1 Å². The number of anilines is 2. The molecule has 3 aromatic rings. The maximum absolute atomic E-state index is 12.3. The van der Waals surface area contributed by atoms with Crippen LogP contribution in [0.1, 0.15) is 31.2 Å². The van der Waals surface area contributed by atoms with Crippen LogP contribution >= 0.6 is 0 Å². The van der Waals surface area contributed by atoms with E-state index in [4.69, 9.17) is 4.52 Å². The van der Waals surface area contributed by atoms with Gasteiger partial charge >= 0.3 is 6.03 Å². The molecule has 0 atom stereocenters. The van der Waals surface area contributed by atoms with Gasteiger partial charge in [0, 0.05) is 42.5 Å². The van der Waals surface area contributed by atoms with E-state index in [9.17, 15) is 9.59 Å². The molecule has 1 aliphatic rings. The zero-order valence-electron chi connectivity index (χ0n) is 18.1. The van der Waals surface area contributed by atoms with E-state index in [1.54, 1.807) is 12.1 Å². The van der Waals surface area contributed by atoms with Gasteiger partial charge in [-0.2, -0.15) is 4.98 Å². The smallest absolute Gasteiger partial charge is 0.319 e. The number of aromatic nitrogens is 2. The van der Waals surface area contributed by atoms with Gasteiger partial charge in [0.2, 0.25) is 5.91 Å². The number of benzene rings is 2. The van der Waals surface area contributed by atoms with Gasteiger partial charge in [-0.15, -0.1) is 0 Å². The summed E-state index contributed by atoms with van der Waals surface area (Å²) in [5.41, 5.74) is 3.42. The fourth-order valence-electron chi connectivity index (χ4n) is 3.32. The van der Waals surface area contributed by atoms with E-state index in [0.717, 1.165) is 23.4 Å². The number of piperazine rings is 1. The Morgan fingerprint density at radius 3 is 2.56 bits per heavy atom. The van der Waals surface area contributed by atoms with Crippen molar-refractivity contribution >= 4 is 23.3 Å². The molecule has 32 heavy (non-hydrogen) atoms. The van der Waals surface area contributed by atoms with Crippen molar-refractivity contribution in [2.75, 3.05) is 29.9 Å². The zero-order valence-corrected chi connectivity index (χ0v) is 18.1. The number of nitrogens with one attached hydrogen (secondary N) is 3. The van der Waals surface area contributed by atoms with Gasteiger partial charge in [-0.3, -0.25) is 4.79 Å². The molecule has 3 N–H and O–H groups in total. The highest BCUT2D eigenvalue weighted by molar-refractivity contribution is 5.89. The maximum Gasteiger partial charge on any atom is 0.319 e. The van der Waals surface area contributed by atoms with Gasteiger partial charge in [0.05, 0.1) is 6.54 Å². The van der Waals surface area contributed by atoms with Gasteiger partial charge in [0.1, 0.15) is 0 Å². The number of hydrogen-bond acceptors (Lipinski definition) is 6. The largest absolute Gasteiger partial charge is 0.360 e. The van der Waals surface area contributed by atoms with Crippen LogP contribution in [0.2, 0.25) is 0 Å². The molecule has 2 aromatic carbocycles. The minimum absolute atomic E-state index is 0.0316. The highest BCUT2D eigenvalue weighted by atomic mass is 16.5. The number of urea groups is 1. The zero-order chi connectivity index (χ0) is 22.5. The van der Waals surface area contributed by atoms with Crippen LogP contribution in [0.4, 0.5) is 16.2 Å². The predicted octanol–water partition coefficient (Wildman–Crippen LogP) is 3.12. The molecule has 0 bridgehead atoms. The van der Waals surface area contributed by atoms with Crippen LogP contribution in [0.3, 0.4) is 0 Å². The van der Waals surface area contributed by atoms with E-state index < -0.39 is 0 Å². The minimum atomic E-state index is -0.297. The Kier molecular flexibility index (Phi) is 6.34. The second-order valence-electron chi connectivity index (χ2n) is 7.94.